The van der Waals surface area contributed by atoms with E-state index >= 15 is 0 Å². The average molecular weight is 353 g/mol. The molecule has 0 aromatic heterocycles. The number of hydrogen-bond acceptors (Lipinski definition) is 7. The van der Waals surface area contributed by atoms with E-state index in [-0.39, 0.29) is 0 Å². The van der Waals surface area contributed by atoms with Crippen LogP contribution in [0.1, 0.15) is 11.1 Å². The van der Waals surface area contributed by atoms with Crippen LogP contribution in [0.5, 0.6) is 11.5 Å². The molecule has 0 saturated heterocycles. The van der Waals surface area contributed by atoms with Crippen molar-refractivity contribution in [1.29, 1.82) is 0 Å². The van der Waals surface area contributed by atoms with Crippen molar-refractivity contribution in [3.8, 4) is 11.5 Å². The van der Waals surface area contributed by atoms with E-state index in [9.17, 15) is 0 Å². The number of ether oxygens (including phenoxy) is 2. The predicted molar refractivity (Wildman–Crippen MR) is 92.4 cm³/mol. The summed E-state index contributed by atoms with van der Waals surface area (Å²) >= 11 is 2.74. The minimum absolute atomic E-state index is 0.426. The molecule has 124 valence electrons. The van der Waals surface area contributed by atoms with E-state index in [1.54, 1.807) is 18.9 Å². The van der Waals surface area contributed by atoms with Crippen molar-refractivity contribution in [2.24, 2.45) is 5.90 Å². The number of methoxy groups -OCH3 is 1. The summed E-state index contributed by atoms with van der Waals surface area (Å²) < 4.78 is 15.9. The molecule has 0 amide bonds. The lowest BCUT2D eigenvalue weighted by atomic mass is 10.2. The Balaban J connectivity index is 2.22. The molecule has 23 heavy (non-hydrogen) atoms. The third-order valence-corrected chi connectivity index (χ3v) is 4.59. The van der Waals surface area contributed by atoms with E-state index < -0.39 is 0 Å². The molecule has 2 aromatic rings. The first-order valence-corrected chi connectivity index (χ1v) is 8.79. The second-order valence-corrected chi connectivity index (χ2v) is 6.31. The van der Waals surface area contributed by atoms with E-state index in [2.05, 4.69) is 28.6 Å². The number of aryl methyl sites for hydroxylation is 1. The topological polar surface area (TPSA) is 62.9 Å². The molecule has 0 atom stereocenters. The lowest BCUT2D eigenvalue weighted by Gasteiger charge is -2.13. The Hall–Kier alpha value is -1.22. The summed E-state index contributed by atoms with van der Waals surface area (Å²) in [7, 11) is 1.64. The van der Waals surface area contributed by atoms with Gasteiger partial charge >= 0.3 is 0 Å². The summed E-state index contributed by atoms with van der Waals surface area (Å²) in [5, 5.41) is 0. The highest BCUT2D eigenvalue weighted by Crippen LogP contribution is 2.32. The Labute approximate surface area is 144 Å². The molecule has 2 rings (SSSR count). The van der Waals surface area contributed by atoms with Crippen LogP contribution in [0, 0.1) is 6.92 Å². The molecule has 2 aromatic carbocycles. The van der Waals surface area contributed by atoms with Crippen LogP contribution < -0.4 is 10.6 Å². The first kappa shape index (κ1) is 18.1. The Morgan fingerprint density at radius 3 is 2.61 bits per heavy atom. The van der Waals surface area contributed by atoms with Crippen molar-refractivity contribution in [3.05, 3.63) is 47.5 Å². The third-order valence-electron chi connectivity index (χ3n) is 3.10. The van der Waals surface area contributed by atoms with Gasteiger partial charge in [0.15, 0.2) is 0 Å². The van der Waals surface area contributed by atoms with Gasteiger partial charge in [0.1, 0.15) is 11.5 Å². The fourth-order valence-electron chi connectivity index (χ4n) is 2.08. The fraction of sp³-hybridized carbons (Fsp3) is 0.250. The molecule has 0 radical (unpaired) electrons. The van der Waals surface area contributed by atoms with Gasteiger partial charge in [-0.05, 0) is 55.1 Å². The van der Waals surface area contributed by atoms with Gasteiger partial charge in [-0.25, -0.2) is 0 Å². The minimum Gasteiger partial charge on any atom is -0.457 e. The van der Waals surface area contributed by atoms with E-state index in [4.69, 9.17) is 15.4 Å². The van der Waals surface area contributed by atoms with Crippen LogP contribution in [-0.2, 0) is 20.7 Å². The quantitative estimate of drug-likeness (QED) is 0.325. The lowest BCUT2D eigenvalue weighted by molar-refractivity contribution is -0.195. The summed E-state index contributed by atoms with van der Waals surface area (Å²) in [6.45, 7) is 2.49. The Kier molecular flexibility index (Phi) is 7.22. The molecule has 0 spiro atoms. The fourth-order valence-corrected chi connectivity index (χ4v) is 3.09. The van der Waals surface area contributed by atoms with Gasteiger partial charge in [-0.3, -0.25) is 0 Å². The summed E-state index contributed by atoms with van der Waals surface area (Å²) in [4.78, 5) is 6.18. The van der Waals surface area contributed by atoms with Crippen molar-refractivity contribution in [2.75, 3.05) is 13.4 Å². The van der Waals surface area contributed by atoms with Gasteiger partial charge in [-0.15, -0.1) is 21.1 Å². The van der Waals surface area contributed by atoms with Crippen LogP contribution in [0.2, 0.25) is 0 Å². The maximum absolute atomic E-state index is 6.01. The second kappa shape index (κ2) is 9.17. The molecule has 0 bridgehead atoms. The van der Waals surface area contributed by atoms with E-state index in [1.807, 2.05) is 30.3 Å². The maximum atomic E-state index is 6.01. The molecular weight excluding hydrogens is 334 g/mol. The number of benzene rings is 2. The molecule has 2 N–H and O–H groups in total. The number of nitrogens with two attached hydrogens (primary N) is 1. The minimum atomic E-state index is 0.426. The monoisotopic (exact) mass is 353 g/mol. The zero-order valence-electron chi connectivity index (χ0n) is 13.2. The second-order valence-electron chi connectivity index (χ2n) is 4.68. The van der Waals surface area contributed by atoms with Crippen LogP contribution in [-0.4, -0.2) is 13.4 Å². The van der Waals surface area contributed by atoms with Gasteiger partial charge in [-0.2, -0.15) is 5.90 Å². The van der Waals surface area contributed by atoms with Crippen LogP contribution in [0.3, 0.4) is 0 Å². The van der Waals surface area contributed by atoms with Crippen molar-refractivity contribution in [1.82, 2.24) is 0 Å². The molecule has 0 fully saturated rings. The van der Waals surface area contributed by atoms with Crippen LogP contribution in [0.4, 0.5) is 0 Å². The van der Waals surface area contributed by atoms with Crippen molar-refractivity contribution < 1.29 is 18.8 Å². The molecule has 0 aliphatic carbocycles. The van der Waals surface area contributed by atoms with E-state index in [1.165, 1.54) is 10.5 Å². The molecular formula is C16H19NO4S2. The molecule has 7 heteroatoms. The summed E-state index contributed by atoms with van der Waals surface area (Å²) in [5.74, 6) is 6.38. The predicted octanol–water partition coefficient (Wildman–Crippen LogP) is 4.48. The molecule has 0 unspecified atom stereocenters. The van der Waals surface area contributed by atoms with Gasteiger partial charge in [-0.1, -0.05) is 0 Å². The zero-order chi connectivity index (χ0) is 16.7. The first-order chi connectivity index (χ1) is 11.2. The smallest absolute Gasteiger partial charge is 0.133 e. The third kappa shape index (κ3) is 5.13. The largest absolute Gasteiger partial charge is 0.457 e. The van der Waals surface area contributed by atoms with E-state index in [0.717, 1.165) is 34.0 Å². The summed E-state index contributed by atoms with van der Waals surface area (Å²) in [6.07, 6.45) is 2.06. The average Bonchev–Trinajstić information content (AvgIpc) is 2.55. The number of hydrogen-bond donors (Lipinski definition) is 1. The van der Waals surface area contributed by atoms with Crippen LogP contribution in [0.25, 0.3) is 0 Å². The lowest BCUT2D eigenvalue weighted by Crippen LogP contribution is -1.96. The van der Waals surface area contributed by atoms with Crippen molar-refractivity contribution in [3.63, 3.8) is 0 Å². The highest BCUT2D eigenvalue weighted by molar-refractivity contribution is 7.98. The summed E-state index contributed by atoms with van der Waals surface area (Å²) in [5.41, 5.74) is 2.09. The highest BCUT2D eigenvalue weighted by Gasteiger charge is 2.09. The van der Waals surface area contributed by atoms with Gasteiger partial charge in [0.25, 0.3) is 0 Å². The molecule has 0 aliphatic rings. The maximum Gasteiger partial charge on any atom is 0.133 e. The van der Waals surface area contributed by atoms with Crippen LogP contribution in [0.15, 0.2) is 46.2 Å². The van der Waals surface area contributed by atoms with Gasteiger partial charge in [0.2, 0.25) is 0 Å². The van der Waals surface area contributed by atoms with Gasteiger partial charge < -0.3 is 9.47 Å². The van der Waals surface area contributed by atoms with Crippen LogP contribution >= 0.6 is 23.8 Å². The van der Waals surface area contributed by atoms with E-state index in [0.29, 0.717) is 6.61 Å². The van der Waals surface area contributed by atoms with Crippen molar-refractivity contribution >= 4 is 23.8 Å². The molecule has 5 nitrogen and oxygen atoms in total. The van der Waals surface area contributed by atoms with Crippen molar-refractivity contribution in [2.45, 2.75) is 23.3 Å². The molecule has 0 saturated carbocycles. The number of rotatable bonds is 8. The Morgan fingerprint density at radius 1 is 1.13 bits per heavy atom. The molecule has 0 aliphatic heterocycles. The van der Waals surface area contributed by atoms with Gasteiger partial charge in [0.05, 0.1) is 18.6 Å². The normalized spacial score (nSPS) is 10.8. The number of thioether (sulfide) groups is 1. The highest BCUT2D eigenvalue weighted by atomic mass is 32.2. The summed E-state index contributed by atoms with van der Waals surface area (Å²) in [6, 6.07) is 11.7. The first-order valence-electron chi connectivity index (χ1n) is 6.82. The van der Waals surface area contributed by atoms with Gasteiger partial charge in [0, 0.05) is 22.5 Å². The Bertz CT molecular complexity index is 652. The Morgan fingerprint density at radius 2 is 1.96 bits per heavy atom. The zero-order valence-corrected chi connectivity index (χ0v) is 14.8. The molecule has 0 heterocycles. The standard InChI is InChI=1S/C16H19NO4S2/c1-11-8-13(4-7-16(11)22-3)19-15-6-5-14(23-21-20-17)9-12(15)10-18-2/h4-9H,10,17H2,1-3H3. The SMILES string of the molecule is COCc1cc(SOON)ccc1Oc1ccc(SC)c(C)c1.